The van der Waals surface area contributed by atoms with Gasteiger partial charge in [-0.15, -0.1) is 0 Å². The first-order valence-electron chi connectivity index (χ1n) is 6.47. The summed E-state index contributed by atoms with van der Waals surface area (Å²) in [5.41, 5.74) is 8.35. The molecular weight excluding hydrogens is 226 g/mol. The zero-order valence-corrected chi connectivity index (χ0v) is 11.3. The Bertz CT molecular complexity index is 499. The molecule has 0 spiro atoms. The van der Waals surface area contributed by atoms with Gasteiger partial charge in [0.2, 0.25) is 0 Å². The first-order valence-corrected chi connectivity index (χ1v) is 6.47. The first kappa shape index (κ1) is 12.9. The number of furan rings is 1. The van der Waals surface area contributed by atoms with E-state index in [0.717, 1.165) is 29.9 Å². The SMILES string of the molecule is CCc1occc1C(N)Cc1ccn(C(C)C)n1. The summed E-state index contributed by atoms with van der Waals surface area (Å²) in [5, 5.41) is 4.52. The van der Waals surface area contributed by atoms with E-state index in [-0.39, 0.29) is 6.04 Å². The smallest absolute Gasteiger partial charge is 0.108 e. The van der Waals surface area contributed by atoms with E-state index in [1.54, 1.807) is 6.26 Å². The van der Waals surface area contributed by atoms with Gasteiger partial charge in [0.25, 0.3) is 0 Å². The van der Waals surface area contributed by atoms with Gasteiger partial charge in [0, 0.05) is 36.7 Å². The molecule has 0 aliphatic carbocycles. The molecule has 1 atom stereocenters. The minimum Gasteiger partial charge on any atom is -0.469 e. The molecule has 2 rings (SSSR count). The van der Waals surface area contributed by atoms with Crippen molar-refractivity contribution in [2.45, 2.75) is 45.7 Å². The zero-order chi connectivity index (χ0) is 13.1. The van der Waals surface area contributed by atoms with Crippen LogP contribution in [0, 0.1) is 0 Å². The molecule has 2 aromatic rings. The van der Waals surface area contributed by atoms with Crippen molar-refractivity contribution in [1.82, 2.24) is 9.78 Å². The Morgan fingerprint density at radius 2 is 2.17 bits per heavy atom. The van der Waals surface area contributed by atoms with Crippen molar-refractivity contribution in [3.05, 3.63) is 41.6 Å². The first-order chi connectivity index (χ1) is 8.61. The van der Waals surface area contributed by atoms with Crippen LogP contribution >= 0.6 is 0 Å². The molecule has 0 saturated heterocycles. The summed E-state index contributed by atoms with van der Waals surface area (Å²) in [6, 6.07) is 4.33. The van der Waals surface area contributed by atoms with Gasteiger partial charge in [-0.05, 0) is 26.0 Å². The lowest BCUT2D eigenvalue weighted by Gasteiger charge is -2.10. The lowest BCUT2D eigenvalue weighted by atomic mass is 10.0. The van der Waals surface area contributed by atoms with E-state index in [2.05, 4.69) is 25.9 Å². The average molecular weight is 247 g/mol. The molecule has 0 fully saturated rings. The van der Waals surface area contributed by atoms with Crippen LogP contribution in [0.25, 0.3) is 0 Å². The Hall–Kier alpha value is -1.55. The largest absolute Gasteiger partial charge is 0.469 e. The van der Waals surface area contributed by atoms with Gasteiger partial charge in [-0.3, -0.25) is 4.68 Å². The monoisotopic (exact) mass is 247 g/mol. The summed E-state index contributed by atoms with van der Waals surface area (Å²) in [4.78, 5) is 0. The Morgan fingerprint density at radius 1 is 1.39 bits per heavy atom. The third kappa shape index (κ3) is 2.64. The molecule has 0 aliphatic heterocycles. The van der Waals surface area contributed by atoms with Gasteiger partial charge >= 0.3 is 0 Å². The molecule has 0 radical (unpaired) electrons. The van der Waals surface area contributed by atoms with E-state index < -0.39 is 0 Å². The standard InChI is InChI=1S/C14H21N3O/c1-4-14-12(6-8-18-14)13(15)9-11-5-7-17(16-11)10(2)3/h5-8,10,13H,4,9,15H2,1-3H3. The van der Waals surface area contributed by atoms with E-state index in [4.69, 9.17) is 10.2 Å². The van der Waals surface area contributed by atoms with Crippen molar-refractivity contribution in [3.8, 4) is 0 Å². The molecule has 1 unspecified atom stereocenters. The summed E-state index contributed by atoms with van der Waals surface area (Å²) in [6.45, 7) is 6.30. The molecule has 0 saturated carbocycles. The molecule has 0 amide bonds. The summed E-state index contributed by atoms with van der Waals surface area (Å²) in [5.74, 6) is 0.978. The van der Waals surface area contributed by atoms with Crippen molar-refractivity contribution < 1.29 is 4.42 Å². The second-order valence-corrected chi connectivity index (χ2v) is 4.84. The van der Waals surface area contributed by atoms with Gasteiger partial charge in [-0.2, -0.15) is 5.10 Å². The molecule has 98 valence electrons. The lowest BCUT2D eigenvalue weighted by molar-refractivity contribution is 0.502. The fourth-order valence-corrected chi connectivity index (χ4v) is 2.08. The number of aromatic nitrogens is 2. The molecule has 0 aromatic carbocycles. The number of nitrogens with zero attached hydrogens (tertiary/aromatic N) is 2. The lowest BCUT2D eigenvalue weighted by Crippen LogP contribution is -2.15. The van der Waals surface area contributed by atoms with E-state index >= 15 is 0 Å². The van der Waals surface area contributed by atoms with Gasteiger partial charge in [0.05, 0.1) is 12.0 Å². The van der Waals surface area contributed by atoms with Crippen molar-refractivity contribution in [1.29, 1.82) is 0 Å². The minimum absolute atomic E-state index is 0.0470. The molecule has 18 heavy (non-hydrogen) atoms. The third-order valence-corrected chi connectivity index (χ3v) is 3.12. The Morgan fingerprint density at radius 3 is 2.78 bits per heavy atom. The average Bonchev–Trinajstić information content (AvgIpc) is 2.96. The number of hydrogen-bond donors (Lipinski definition) is 1. The van der Waals surface area contributed by atoms with Crippen LogP contribution in [0.5, 0.6) is 0 Å². The van der Waals surface area contributed by atoms with E-state index in [1.165, 1.54) is 0 Å². The fraction of sp³-hybridized carbons (Fsp3) is 0.500. The third-order valence-electron chi connectivity index (χ3n) is 3.12. The maximum Gasteiger partial charge on any atom is 0.108 e. The van der Waals surface area contributed by atoms with Crippen LogP contribution in [0.2, 0.25) is 0 Å². The van der Waals surface area contributed by atoms with Gasteiger partial charge in [0.15, 0.2) is 0 Å². The fourth-order valence-electron chi connectivity index (χ4n) is 2.08. The number of hydrogen-bond acceptors (Lipinski definition) is 3. The number of rotatable bonds is 5. The van der Waals surface area contributed by atoms with Gasteiger partial charge in [-0.25, -0.2) is 0 Å². The summed E-state index contributed by atoms with van der Waals surface area (Å²) in [7, 11) is 0. The molecule has 2 aromatic heterocycles. The second kappa shape index (κ2) is 5.40. The molecular formula is C14H21N3O. The Kier molecular flexibility index (Phi) is 3.87. The second-order valence-electron chi connectivity index (χ2n) is 4.84. The topological polar surface area (TPSA) is 57.0 Å². The summed E-state index contributed by atoms with van der Waals surface area (Å²) >= 11 is 0. The maximum absolute atomic E-state index is 6.22. The normalized spacial score (nSPS) is 13.2. The highest BCUT2D eigenvalue weighted by Gasteiger charge is 2.15. The predicted octanol–water partition coefficient (Wildman–Crippen LogP) is 2.86. The van der Waals surface area contributed by atoms with Crippen LogP contribution < -0.4 is 5.73 Å². The van der Waals surface area contributed by atoms with Crippen molar-refractivity contribution in [2.75, 3.05) is 0 Å². The maximum atomic E-state index is 6.22. The molecule has 0 aliphatic rings. The van der Waals surface area contributed by atoms with Crippen LogP contribution in [0.15, 0.2) is 29.0 Å². The van der Waals surface area contributed by atoms with Crippen LogP contribution in [0.1, 0.15) is 49.9 Å². The van der Waals surface area contributed by atoms with E-state index in [9.17, 15) is 0 Å². The van der Waals surface area contributed by atoms with E-state index in [0.29, 0.717) is 6.04 Å². The highest BCUT2D eigenvalue weighted by Crippen LogP contribution is 2.21. The zero-order valence-electron chi connectivity index (χ0n) is 11.3. The molecule has 2 N–H and O–H groups in total. The summed E-state index contributed by atoms with van der Waals surface area (Å²) < 4.78 is 7.37. The Balaban J connectivity index is 2.08. The summed E-state index contributed by atoms with van der Waals surface area (Å²) in [6.07, 6.45) is 5.33. The van der Waals surface area contributed by atoms with Crippen LogP contribution in [-0.2, 0) is 12.8 Å². The highest BCUT2D eigenvalue weighted by molar-refractivity contribution is 5.22. The van der Waals surface area contributed by atoms with Crippen LogP contribution in [0.4, 0.5) is 0 Å². The molecule has 4 heteroatoms. The van der Waals surface area contributed by atoms with Crippen LogP contribution in [0.3, 0.4) is 0 Å². The molecule has 2 heterocycles. The number of nitrogens with two attached hydrogens (primary N) is 1. The van der Waals surface area contributed by atoms with Crippen molar-refractivity contribution in [3.63, 3.8) is 0 Å². The number of aryl methyl sites for hydroxylation is 1. The predicted molar refractivity (Wildman–Crippen MR) is 71.3 cm³/mol. The minimum atomic E-state index is -0.0470. The van der Waals surface area contributed by atoms with Gasteiger partial charge in [-0.1, -0.05) is 6.92 Å². The highest BCUT2D eigenvalue weighted by atomic mass is 16.3. The van der Waals surface area contributed by atoms with Crippen molar-refractivity contribution >= 4 is 0 Å². The van der Waals surface area contributed by atoms with Gasteiger partial charge < -0.3 is 10.2 Å². The quantitative estimate of drug-likeness (QED) is 0.883. The van der Waals surface area contributed by atoms with Gasteiger partial charge in [0.1, 0.15) is 5.76 Å². The van der Waals surface area contributed by atoms with Crippen LogP contribution in [-0.4, -0.2) is 9.78 Å². The van der Waals surface area contributed by atoms with E-state index in [1.807, 2.05) is 23.0 Å². The molecule has 0 bridgehead atoms. The van der Waals surface area contributed by atoms with Crippen molar-refractivity contribution in [2.24, 2.45) is 5.73 Å². The molecule has 4 nitrogen and oxygen atoms in total. The Labute approximate surface area is 108 Å².